The number of hydrogen-bond acceptors (Lipinski definition) is 3. The highest BCUT2D eigenvalue weighted by molar-refractivity contribution is 7.89. The number of aryl methyl sites for hydroxylation is 1. The molecule has 158 valence electrons. The van der Waals surface area contributed by atoms with E-state index in [-0.39, 0.29) is 10.8 Å². The number of aliphatic hydroxyl groups is 1. The summed E-state index contributed by atoms with van der Waals surface area (Å²) >= 11 is 0. The van der Waals surface area contributed by atoms with Crippen LogP contribution in [-0.2, 0) is 15.6 Å². The predicted octanol–water partition coefficient (Wildman–Crippen LogP) is 4.62. The van der Waals surface area contributed by atoms with Gasteiger partial charge in [0.1, 0.15) is 5.60 Å². The molecule has 0 spiro atoms. The first kappa shape index (κ1) is 22.2. The zero-order chi connectivity index (χ0) is 21.8. The average Bonchev–Trinajstić information content (AvgIpc) is 2.74. The summed E-state index contributed by atoms with van der Waals surface area (Å²) in [6, 6.07) is 24.5. The highest BCUT2D eigenvalue weighted by atomic mass is 32.2. The summed E-state index contributed by atoms with van der Waals surface area (Å²) < 4.78 is 29.3. The molecule has 0 saturated carbocycles. The Labute approximate surface area is 179 Å². The standard InChI is InChI=1S/C25H29NO3S/c1-19(2)18-24(26-30(28,29)23-16-14-20(3)15-17-23)25(27,21-10-6-4-7-11-21)22-12-8-5-9-13-22/h4-17,19,24,26-27H,18H2,1-3H3/t24-/m0/s1. The van der Waals surface area contributed by atoms with E-state index in [2.05, 4.69) is 4.72 Å². The first-order chi connectivity index (χ1) is 14.2. The molecule has 0 aliphatic heterocycles. The van der Waals surface area contributed by atoms with Crippen molar-refractivity contribution in [3.63, 3.8) is 0 Å². The van der Waals surface area contributed by atoms with Gasteiger partial charge in [-0.25, -0.2) is 13.1 Å². The third-order valence-electron chi connectivity index (χ3n) is 5.27. The molecule has 0 aromatic heterocycles. The van der Waals surface area contributed by atoms with Crippen LogP contribution in [0.5, 0.6) is 0 Å². The van der Waals surface area contributed by atoms with E-state index in [9.17, 15) is 13.5 Å². The fourth-order valence-corrected chi connectivity index (χ4v) is 4.97. The summed E-state index contributed by atoms with van der Waals surface area (Å²) in [5.74, 6) is 0.162. The molecule has 0 amide bonds. The van der Waals surface area contributed by atoms with Crippen molar-refractivity contribution in [1.29, 1.82) is 0 Å². The first-order valence-corrected chi connectivity index (χ1v) is 11.6. The lowest BCUT2D eigenvalue weighted by Crippen LogP contribution is -2.52. The minimum absolute atomic E-state index is 0.162. The maximum Gasteiger partial charge on any atom is 0.240 e. The molecular formula is C25H29NO3S. The summed E-state index contributed by atoms with van der Waals surface area (Å²) in [5.41, 5.74) is 0.754. The maximum absolute atomic E-state index is 13.2. The van der Waals surface area contributed by atoms with Crippen LogP contribution in [0.25, 0.3) is 0 Å². The fraction of sp³-hybridized carbons (Fsp3) is 0.280. The summed E-state index contributed by atoms with van der Waals surface area (Å²) in [6.07, 6.45) is 0.464. The van der Waals surface area contributed by atoms with Crippen LogP contribution in [0.3, 0.4) is 0 Å². The fourth-order valence-electron chi connectivity index (χ4n) is 3.70. The van der Waals surface area contributed by atoms with Crippen LogP contribution in [0.2, 0.25) is 0 Å². The van der Waals surface area contributed by atoms with E-state index in [1.165, 1.54) is 0 Å². The van der Waals surface area contributed by atoms with E-state index in [4.69, 9.17) is 0 Å². The van der Waals surface area contributed by atoms with Gasteiger partial charge in [0.05, 0.1) is 10.9 Å². The van der Waals surface area contributed by atoms with Crippen LogP contribution >= 0.6 is 0 Å². The molecule has 0 bridgehead atoms. The van der Waals surface area contributed by atoms with Crippen molar-refractivity contribution in [2.75, 3.05) is 0 Å². The van der Waals surface area contributed by atoms with E-state index >= 15 is 0 Å². The van der Waals surface area contributed by atoms with Gasteiger partial charge in [-0.1, -0.05) is 92.2 Å². The Kier molecular flexibility index (Phi) is 6.76. The van der Waals surface area contributed by atoms with Crippen molar-refractivity contribution in [1.82, 2.24) is 4.72 Å². The molecule has 3 aromatic rings. The van der Waals surface area contributed by atoms with Crippen LogP contribution in [0.15, 0.2) is 89.8 Å². The number of nitrogens with one attached hydrogen (secondary N) is 1. The van der Waals surface area contributed by atoms with Crippen LogP contribution in [0.1, 0.15) is 37.0 Å². The Morgan fingerprint density at radius 2 is 1.30 bits per heavy atom. The second-order valence-electron chi connectivity index (χ2n) is 8.11. The second kappa shape index (κ2) is 9.13. The Morgan fingerprint density at radius 3 is 1.73 bits per heavy atom. The Balaban J connectivity index is 2.12. The molecule has 0 aliphatic carbocycles. The smallest absolute Gasteiger partial charge is 0.240 e. The van der Waals surface area contributed by atoms with Crippen LogP contribution in [0, 0.1) is 12.8 Å². The second-order valence-corrected chi connectivity index (χ2v) is 9.83. The molecule has 3 rings (SSSR count). The summed E-state index contributed by atoms with van der Waals surface area (Å²) in [5, 5.41) is 12.1. The van der Waals surface area contributed by atoms with Crippen molar-refractivity contribution in [2.45, 2.75) is 43.7 Å². The molecule has 2 N–H and O–H groups in total. The Bertz CT molecular complexity index is 1010. The van der Waals surface area contributed by atoms with E-state index in [0.717, 1.165) is 5.56 Å². The molecule has 0 saturated heterocycles. The van der Waals surface area contributed by atoms with E-state index in [1.807, 2.05) is 81.4 Å². The van der Waals surface area contributed by atoms with Crippen molar-refractivity contribution in [3.05, 3.63) is 102 Å². The predicted molar refractivity (Wildman–Crippen MR) is 121 cm³/mol. The van der Waals surface area contributed by atoms with Gasteiger partial charge in [0.15, 0.2) is 0 Å². The SMILES string of the molecule is Cc1ccc(S(=O)(=O)N[C@@H](CC(C)C)C(O)(c2ccccc2)c2ccccc2)cc1. The lowest BCUT2D eigenvalue weighted by Gasteiger charge is -2.38. The minimum atomic E-state index is -3.83. The third kappa shape index (κ3) is 4.81. The molecule has 5 heteroatoms. The topological polar surface area (TPSA) is 66.4 Å². The van der Waals surface area contributed by atoms with Gasteiger partial charge < -0.3 is 5.11 Å². The molecule has 0 unspecified atom stereocenters. The highest BCUT2D eigenvalue weighted by Gasteiger charge is 2.42. The molecule has 0 aliphatic rings. The zero-order valence-corrected chi connectivity index (χ0v) is 18.4. The monoisotopic (exact) mass is 423 g/mol. The summed E-state index contributed by atoms with van der Waals surface area (Å²) in [6.45, 7) is 5.95. The van der Waals surface area contributed by atoms with Crippen LogP contribution in [0.4, 0.5) is 0 Å². The largest absolute Gasteiger partial charge is 0.379 e. The van der Waals surface area contributed by atoms with Gasteiger partial charge in [0.25, 0.3) is 0 Å². The van der Waals surface area contributed by atoms with Crippen molar-refractivity contribution >= 4 is 10.0 Å². The van der Waals surface area contributed by atoms with Gasteiger partial charge in [-0.3, -0.25) is 0 Å². The average molecular weight is 424 g/mol. The third-order valence-corrected chi connectivity index (χ3v) is 6.76. The van der Waals surface area contributed by atoms with Gasteiger partial charge in [0, 0.05) is 0 Å². The number of rotatable bonds is 8. The van der Waals surface area contributed by atoms with E-state index < -0.39 is 21.7 Å². The Hall–Kier alpha value is -2.47. The highest BCUT2D eigenvalue weighted by Crippen LogP contribution is 2.36. The first-order valence-electron chi connectivity index (χ1n) is 10.2. The van der Waals surface area contributed by atoms with Gasteiger partial charge in [-0.05, 0) is 42.5 Å². The summed E-state index contributed by atoms with van der Waals surface area (Å²) in [7, 11) is -3.83. The quantitative estimate of drug-likeness (QED) is 0.555. The summed E-state index contributed by atoms with van der Waals surface area (Å²) in [4.78, 5) is 0.185. The van der Waals surface area contributed by atoms with Crippen LogP contribution in [-0.4, -0.2) is 19.6 Å². The van der Waals surface area contributed by atoms with E-state index in [1.54, 1.807) is 24.3 Å². The molecule has 0 radical (unpaired) electrons. The molecule has 0 heterocycles. The maximum atomic E-state index is 13.2. The van der Waals surface area contributed by atoms with Gasteiger partial charge in [-0.2, -0.15) is 0 Å². The molecule has 0 fully saturated rings. The van der Waals surface area contributed by atoms with Crippen molar-refractivity contribution in [3.8, 4) is 0 Å². The Morgan fingerprint density at radius 1 is 0.833 bits per heavy atom. The number of sulfonamides is 1. The molecular weight excluding hydrogens is 394 g/mol. The van der Waals surface area contributed by atoms with Gasteiger partial charge in [-0.15, -0.1) is 0 Å². The minimum Gasteiger partial charge on any atom is -0.379 e. The van der Waals surface area contributed by atoms with Gasteiger partial charge >= 0.3 is 0 Å². The molecule has 1 atom stereocenters. The van der Waals surface area contributed by atoms with Crippen molar-refractivity contribution in [2.24, 2.45) is 5.92 Å². The lowest BCUT2D eigenvalue weighted by molar-refractivity contribution is 0.0377. The zero-order valence-electron chi connectivity index (χ0n) is 17.6. The normalized spacial score (nSPS) is 13.4. The molecule has 30 heavy (non-hydrogen) atoms. The molecule has 3 aromatic carbocycles. The van der Waals surface area contributed by atoms with Crippen LogP contribution < -0.4 is 4.72 Å². The van der Waals surface area contributed by atoms with Gasteiger partial charge in [0.2, 0.25) is 10.0 Å². The molecule has 4 nitrogen and oxygen atoms in total. The number of hydrogen-bond donors (Lipinski definition) is 2. The number of benzene rings is 3. The van der Waals surface area contributed by atoms with E-state index in [0.29, 0.717) is 17.5 Å². The lowest BCUT2D eigenvalue weighted by atomic mass is 9.77. The van der Waals surface area contributed by atoms with Crippen molar-refractivity contribution < 1.29 is 13.5 Å².